The second-order valence-corrected chi connectivity index (χ2v) is 6.81. The normalized spacial score (nSPS) is 12.7. The molecule has 0 spiro atoms. The molecular formula is C8H5ClF3N3O3S2. The molecule has 6 nitrogen and oxygen atoms in total. The predicted molar refractivity (Wildman–Crippen MR) is 63.4 cm³/mol. The van der Waals surface area contributed by atoms with Crippen LogP contribution in [0.3, 0.4) is 0 Å². The van der Waals surface area contributed by atoms with E-state index < -0.39 is 25.9 Å². The van der Waals surface area contributed by atoms with Crippen LogP contribution in [0.15, 0.2) is 16.5 Å². The summed E-state index contributed by atoms with van der Waals surface area (Å²) in [5.74, 6) is -0.354. The summed E-state index contributed by atoms with van der Waals surface area (Å²) in [5.41, 5.74) is -1.01. The lowest BCUT2D eigenvalue weighted by molar-refractivity contribution is -0.143. The smallest absolute Gasteiger partial charge is 0.410 e. The predicted octanol–water partition coefficient (Wildman–Crippen LogP) is 2.62. The molecule has 2 aromatic heterocycles. The van der Waals surface area contributed by atoms with Gasteiger partial charge in [0.25, 0.3) is 14.2 Å². The Morgan fingerprint density at radius 2 is 2.10 bits per heavy atom. The maximum absolute atomic E-state index is 12.5. The van der Waals surface area contributed by atoms with Crippen molar-refractivity contribution in [3.8, 4) is 11.1 Å². The molecule has 0 saturated heterocycles. The van der Waals surface area contributed by atoms with Gasteiger partial charge in [0.2, 0.25) is 5.88 Å². The van der Waals surface area contributed by atoms with Crippen molar-refractivity contribution < 1.29 is 26.3 Å². The molecule has 2 aromatic rings. The van der Waals surface area contributed by atoms with Gasteiger partial charge in [0, 0.05) is 29.2 Å². The average Bonchev–Trinajstić information content (AvgIpc) is 2.84. The van der Waals surface area contributed by atoms with Gasteiger partial charge in [-0.05, 0) is 0 Å². The SMILES string of the molecule is Cn1nc(Oc2nc(S(=O)(=O)Cl)cs2)cc1C(F)(F)F. The lowest BCUT2D eigenvalue weighted by atomic mass is 10.4. The fourth-order valence-corrected chi connectivity index (χ4v) is 3.07. The molecule has 0 aliphatic rings. The van der Waals surface area contributed by atoms with E-state index in [-0.39, 0.29) is 11.1 Å². The molecule has 0 bridgehead atoms. The van der Waals surface area contributed by atoms with E-state index in [4.69, 9.17) is 15.4 Å². The van der Waals surface area contributed by atoms with E-state index in [1.54, 1.807) is 0 Å². The molecular weight excluding hydrogens is 343 g/mol. The van der Waals surface area contributed by atoms with Crippen molar-refractivity contribution in [2.24, 2.45) is 7.05 Å². The Hall–Kier alpha value is -1.33. The van der Waals surface area contributed by atoms with Gasteiger partial charge < -0.3 is 4.74 Å². The molecule has 0 atom stereocenters. The second-order valence-electron chi connectivity index (χ2n) is 3.48. The number of halogens is 4. The van der Waals surface area contributed by atoms with Crippen molar-refractivity contribution in [1.29, 1.82) is 0 Å². The number of nitrogens with zero attached hydrogens (tertiary/aromatic N) is 3. The zero-order chi connectivity index (χ0) is 15.1. The molecule has 20 heavy (non-hydrogen) atoms. The van der Waals surface area contributed by atoms with Crippen LogP contribution in [0.4, 0.5) is 13.2 Å². The van der Waals surface area contributed by atoms with Crippen LogP contribution in [0.25, 0.3) is 0 Å². The van der Waals surface area contributed by atoms with Crippen molar-refractivity contribution in [2.75, 3.05) is 0 Å². The van der Waals surface area contributed by atoms with Gasteiger partial charge in [0.1, 0.15) is 5.69 Å². The fraction of sp³-hybridized carbons (Fsp3) is 0.250. The first-order valence-electron chi connectivity index (χ1n) is 4.76. The van der Waals surface area contributed by atoms with E-state index in [0.717, 1.165) is 23.8 Å². The first kappa shape index (κ1) is 15.1. The van der Waals surface area contributed by atoms with Gasteiger partial charge in [-0.1, -0.05) is 11.3 Å². The van der Waals surface area contributed by atoms with E-state index in [2.05, 4.69) is 10.1 Å². The standard InChI is InChI=1S/C8H5ClF3N3O3S2/c1-15-4(8(10,11)12)2-5(14-15)18-7-13-6(3-19-7)20(9,16)17/h2-3H,1H3. The molecule has 0 aliphatic heterocycles. The van der Waals surface area contributed by atoms with Gasteiger partial charge in [0.15, 0.2) is 5.03 Å². The van der Waals surface area contributed by atoms with Crippen molar-refractivity contribution in [1.82, 2.24) is 14.8 Å². The molecule has 12 heteroatoms. The Morgan fingerprint density at radius 3 is 2.55 bits per heavy atom. The average molecular weight is 348 g/mol. The maximum Gasteiger partial charge on any atom is 0.433 e. The molecule has 0 aromatic carbocycles. The Kier molecular flexibility index (Phi) is 3.69. The summed E-state index contributed by atoms with van der Waals surface area (Å²) in [6.45, 7) is 0. The third-order valence-electron chi connectivity index (χ3n) is 2.05. The highest BCUT2D eigenvalue weighted by molar-refractivity contribution is 8.13. The van der Waals surface area contributed by atoms with Crippen LogP contribution in [-0.2, 0) is 22.3 Å². The molecule has 0 N–H and O–H groups in total. The quantitative estimate of drug-likeness (QED) is 0.798. The van der Waals surface area contributed by atoms with E-state index in [1.807, 2.05) is 0 Å². The number of aromatic nitrogens is 3. The molecule has 110 valence electrons. The highest BCUT2D eigenvalue weighted by Gasteiger charge is 2.35. The largest absolute Gasteiger partial charge is 0.433 e. The van der Waals surface area contributed by atoms with Crippen molar-refractivity contribution in [2.45, 2.75) is 11.2 Å². The Balaban J connectivity index is 2.25. The Bertz CT molecular complexity index is 738. The summed E-state index contributed by atoms with van der Waals surface area (Å²) in [5, 5.41) is 3.98. The van der Waals surface area contributed by atoms with Gasteiger partial charge in [-0.15, -0.1) is 5.10 Å². The van der Waals surface area contributed by atoms with E-state index in [0.29, 0.717) is 10.7 Å². The van der Waals surface area contributed by atoms with Gasteiger partial charge in [-0.25, -0.2) is 8.42 Å². The number of hydrogen-bond donors (Lipinski definition) is 0. The first-order valence-corrected chi connectivity index (χ1v) is 7.95. The van der Waals surface area contributed by atoms with Gasteiger partial charge in [0.05, 0.1) is 0 Å². The summed E-state index contributed by atoms with van der Waals surface area (Å²) in [6.07, 6.45) is -4.57. The minimum absolute atomic E-state index is 0.184. The monoisotopic (exact) mass is 347 g/mol. The molecule has 2 heterocycles. The zero-order valence-corrected chi connectivity index (χ0v) is 11.9. The summed E-state index contributed by atoms with van der Waals surface area (Å²) < 4.78 is 65.1. The van der Waals surface area contributed by atoms with Gasteiger partial charge in [-0.2, -0.15) is 18.2 Å². The fourth-order valence-electron chi connectivity index (χ4n) is 1.25. The number of rotatable bonds is 3. The summed E-state index contributed by atoms with van der Waals surface area (Å²) in [7, 11) is 2.15. The minimum Gasteiger partial charge on any atom is -0.410 e. The highest BCUT2D eigenvalue weighted by atomic mass is 35.7. The zero-order valence-electron chi connectivity index (χ0n) is 9.55. The lowest BCUT2D eigenvalue weighted by Gasteiger charge is -2.04. The highest BCUT2D eigenvalue weighted by Crippen LogP contribution is 2.33. The Morgan fingerprint density at radius 1 is 1.45 bits per heavy atom. The van der Waals surface area contributed by atoms with Crippen LogP contribution >= 0.6 is 22.0 Å². The number of aryl methyl sites for hydroxylation is 1. The van der Waals surface area contributed by atoms with Crippen LogP contribution < -0.4 is 4.74 Å². The van der Waals surface area contributed by atoms with E-state index in [9.17, 15) is 21.6 Å². The van der Waals surface area contributed by atoms with Gasteiger partial charge in [-0.3, -0.25) is 4.68 Å². The van der Waals surface area contributed by atoms with Crippen LogP contribution in [-0.4, -0.2) is 23.2 Å². The summed E-state index contributed by atoms with van der Waals surface area (Å²) in [6, 6.07) is 0.677. The molecule has 0 amide bonds. The second kappa shape index (κ2) is 4.90. The molecule has 0 unspecified atom stereocenters. The molecule has 0 fully saturated rings. The summed E-state index contributed by atoms with van der Waals surface area (Å²) >= 11 is 0.766. The number of ether oxygens (including phenoxy) is 1. The van der Waals surface area contributed by atoms with E-state index >= 15 is 0 Å². The van der Waals surface area contributed by atoms with Crippen molar-refractivity contribution in [3.05, 3.63) is 17.1 Å². The number of alkyl halides is 3. The maximum atomic E-state index is 12.5. The van der Waals surface area contributed by atoms with Crippen LogP contribution in [0.2, 0.25) is 0 Å². The van der Waals surface area contributed by atoms with Crippen molar-refractivity contribution in [3.63, 3.8) is 0 Å². The molecule has 0 radical (unpaired) electrons. The number of thiazole rings is 1. The third kappa shape index (κ3) is 3.22. The summed E-state index contributed by atoms with van der Waals surface area (Å²) in [4.78, 5) is 3.52. The lowest BCUT2D eigenvalue weighted by Crippen LogP contribution is -2.11. The molecule has 0 saturated carbocycles. The van der Waals surface area contributed by atoms with Crippen LogP contribution in [0.1, 0.15) is 5.69 Å². The van der Waals surface area contributed by atoms with Gasteiger partial charge >= 0.3 is 6.18 Å². The van der Waals surface area contributed by atoms with Crippen LogP contribution in [0.5, 0.6) is 11.1 Å². The molecule has 2 rings (SSSR count). The van der Waals surface area contributed by atoms with Crippen LogP contribution in [0, 0.1) is 0 Å². The van der Waals surface area contributed by atoms with E-state index in [1.165, 1.54) is 0 Å². The van der Waals surface area contributed by atoms with Crippen molar-refractivity contribution >= 4 is 31.1 Å². The minimum atomic E-state index is -4.57. The molecule has 0 aliphatic carbocycles. The number of hydrogen-bond acceptors (Lipinski definition) is 6. The topological polar surface area (TPSA) is 74.1 Å². The third-order valence-corrected chi connectivity index (χ3v) is 4.10. The Labute approximate surface area is 119 Å². The first-order chi connectivity index (χ1) is 9.07.